The molecule has 7 nitrogen and oxygen atoms in total. The van der Waals surface area contributed by atoms with Crippen LogP contribution in [0.5, 0.6) is 0 Å². The highest BCUT2D eigenvalue weighted by atomic mass is 32.2. The van der Waals surface area contributed by atoms with Crippen molar-refractivity contribution >= 4 is 21.7 Å². The Hall–Kier alpha value is -2.66. The Morgan fingerprint density at radius 3 is 2.55 bits per heavy atom. The van der Waals surface area contributed by atoms with Gasteiger partial charge in [-0.05, 0) is 61.1 Å². The van der Waals surface area contributed by atoms with Crippen molar-refractivity contribution in [1.82, 2.24) is 14.6 Å². The Kier molecular flexibility index (Phi) is 7.96. The third-order valence-corrected chi connectivity index (χ3v) is 7.59. The molecular formula is C22H27F3N4O3S. The summed E-state index contributed by atoms with van der Waals surface area (Å²) in [7, 11) is -2.49. The van der Waals surface area contributed by atoms with E-state index in [0.717, 1.165) is 9.87 Å². The van der Waals surface area contributed by atoms with E-state index in [1.54, 1.807) is 18.5 Å². The van der Waals surface area contributed by atoms with Crippen molar-refractivity contribution in [2.75, 3.05) is 18.9 Å². The Labute approximate surface area is 191 Å². The van der Waals surface area contributed by atoms with Crippen molar-refractivity contribution < 1.29 is 26.4 Å². The molecule has 33 heavy (non-hydrogen) atoms. The maximum Gasteiger partial charge on any atom is 0.391 e. The number of nitrogens with zero attached hydrogens (tertiary/aromatic N) is 2. The minimum absolute atomic E-state index is 0.00880. The van der Waals surface area contributed by atoms with Gasteiger partial charge in [0.1, 0.15) is 0 Å². The van der Waals surface area contributed by atoms with Crippen LogP contribution in [0.3, 0.4) is 0 Å². The number of nitrogens with one attached hydrogen (secondary N) is 2. The number of anilines is 1. The van der Waals surface area contributed by atoms with Gasteiger partial charge in [0.05, 0.1) is 10.8 Å². The Morgan fingerprint density at radius 2 is 1.91 bits per heavy atom. The molecule has 1 heterocycles. The summed E-state index contributed by atoms with van der Waals surface area (Å²) in [5.74, 6) is -1.71. The lowest BCUT2D eigenvalue weighted by Crippen LogP contribution is -2.36. The van der Waals surface area contributed by atoms with Crippen LogP contribution >= 0.6 is 0 Å². The predicted octanol–water partition coefficient (Wildman–Crippen LogP) is 4.39. The third-order valence-electron chi connectivity index (χ3n) is 5.76. The number of carbonyl (C=O) groups excluding carboxylic acids is 1. The molecule has 0 spiro atoms. The number of hydrogen-bond acceptors (Lipinski definition) is 4. The lowest BCUT2D eigenvalue weighted by Gasteiger charge is -2.32. The van der Waals surface area contributed by atoms with Gasteiger partial charge >= 0.3 is 12.2 Å². The summed E-state index contributed by atoms with van der Waals surface area (Å²) in [4.78, 5) is 16.0. The smallest absolute Gasteiger partial charge is 0.334 e. The summed E-state index contributed by atoms with van der Waals surface area (Å²) >= 11 is 0. The zero-order chi connectivity index (χ0) is 24.1. The number of rotatable bonds is 7. The lowest BCUT2D eigenvalue weighted by molar-refractivity contribution is -0.185. The maximum atomic E-state index is 13.0. The quantitative estimate of drug-likeness (QED) is 0.610. The molecule has 0 aliphatic heterocycles. The summed E-state index contributed by atoms with van der Waals surface area (Å²) in [6, 6.07) is 8.77. The topological polar surface area (TPSA) is 91.4 Å². The molecule has 3 rings (SSSR count). The van der Waals surface area contributed by atoms with Gasteiger partial charge in [0, 0.05) is 38.2 Å². The summed E-state index contributed by atoms with van der Waals surface area (Å²) in [6.45, 7) is 0.318. The highest BCUT2D eigenvalue weighted by molar-refractivity contribution is 7.89. The van der Waals surface area contributed by atoms with E-state index in [9.17, 15) is 26.4 Å². The molecule has 1 aromatic heterocycles. The molecule has 0 saturated heterocycles. The van der Waals surface area contributed by atoms with E-state index < -0.39 is 28.1 Å². The molecule has 1 aliphatic rings. The largest absolute Gasteiger partial charge is 0.391 e. The van der Waals surface area contributed by atoms with Crippen LogP contribution < -0.4 is 10.6 Å². The molecule has 2 unspecified atom stereocenters. The number of urea groups is 1. The molecule has 180 valence electrons. The number of aromatic nitrogens is 1. The monoisotopic (exact) mass is 484 g/mol. The van der Waals surface area contributed by atoms with Gasteiger partial charge < -0.3 is 10.6 Å². The minimum Gasteiger partial charge on any atom is -0.334 e. The van der Waals surface area contributed by atoms with E-state index >= 15 is 0 Å². The first kappa shape index (κ1) is 25.0. The number of hydrogen-bond donors (Lipinski definition) is 2. The second-order valence-corrected chi connectivity index (χ2v) is 10.3. The summed E-state index contributed by atoms with van der Waals surface area (Å²) in [6.07, 6.45) is 0.0672. The molecule has 2 amide bonds. The van der Waals surface area contributed by atoms with Gasteiger partial charge in [-0.25, -0.2) is 17.5 Å². The van der Waals surface area contributed by atoms with E-state index in [1.807, 2.05) is 6.07 Å². The third kappa shape index (κ3) is 6.91. The average Bonchev–Trinajstić information content (AvgIpc) is 2.78. The second kappa shape index (κ2) is 10.5. The molecule has 0 radical (unpaired) electrons. The number of carbonyl (C=O) groups is 1. The van der Waals surface area contributed by atoms with Crippen LogP contribution in [-0.4, -0.2) is 43.5 Å². The SMILES string of the molecule is CN(CC1CCCC(C(F)(F)F)C1)S(=O)(=O)c1ccc(NC(=O)NCc2cccnc2)cc1. The van der Waals surface area contributed by atoms with Gasteiger partial charge in [-0.3, -0.25) is 4.98 Å². The summed E-state index contributed by atoms with van der Waals surface area (Å²) in [5.41, 5.74) is 1.23. The first-order valence-electron chi connectivity index (χ1n) is 10.6. The van der Waals surface area contributed by atoms with E-state index in [1.165, 1.54) is 31.3 Å². The Bertz CT molecular complexity index is 1030. The van der Waals surface area contributed by atoms with E-state index in [2.05, 4.69) is 15.6 Å². The number of amides is 2. The van der Waals surface area contributed by atoms with Crippen LogP contribution in [0, 0.1) is 11.8 Å². The number of pyridine rings is 1. The molecule has 1 fully saturated rings. The maximum absolute atomic E-state index is 13.0. The standard InChI is InChI=1S/C22H27F3N4O3S/c1-29(15-16-4-2-6-18(12-16)22(23,24)25)33(31,32)20-9-7-19(8-10-20)28-21(30)27-14-17-5-3-11-26-13-17/h3,5,7-11,13,16,18H,2,4,6,12,14-15H2,1H3,(H2,27,28,30). The van der Waals surface area contributed by atoms with Crippen LogP contribution in [0.4, 0.5) is 23.7 Å². The second-order valence-electron chi connectivity index (χ2n) is 8.25. The fourth-order valence-corrected chi connectivity index (χ4v) is 5.21. The molecule has 11 heteroatoms. The normalized spacial score (nSPS) is 19.3. The van der Waals surface area contributed by atoms with Crippen LogP contribution in [0.25, 0.3) is 0 Å². The zero-order valence-corrected chi connectivity index (χ0v) is 19.0. The van der Waals surface area contributed by atoms with E-state index in [-0.39, 0.29) is 36.7 Å². The zero-order valence-electron chi connectivity index (χ0n) is 18.2. The number of sulfonamides is 1. The van der Waals surface area contributed by atoms with Crippen LogP contribution in [0.1, 0.15) is 31.2 Å². The highest BCUT2D eigenvalue weighted by Crippen LogP contribution is 2.40. The molecular weight excluding hydrogens is 457 g/mol. The molecule has 2 atom stereocenters. The van der Waals surface area contributed by atoms with Gasteiger partial charge in [0.15, 0.2) is 0 Å². The lowest BCUT2D eigenvalue weighted by atomic mass is 9.81. The number of halogens is 3. The Balaban J connectivity index is 1.55. The van der Waals surface area contributed by atoms with Crippen molar-refractivity contribution in [3.63, 3.8) is 0 Å². The van der Waals surface area contributed by atoms with Crippen LogP contribution in [0.15, 0.2) is 53.7 Å². The first-order valence-corrected chi connectivity index (χ1v) is 12.1. The van der Waals surface area contributed by atoms with Gasteiger partial charge in [-0.15, -0.1) is 0 Å². The predicted molar refractivity (Wildman–Crippen MR) is 118 cm³/mol. The van der Waals surface area contributed by atoms with Gasteiger partial charge in [-0.2, -0.15) is 13.2 Å². The highest BCUT2D eigenvalue weighted by Gasteiger charge is 2.42. The van der Waals surface area contributed by atoms with Crippen molar-refractivity contribution in [2.45, 2.75) is 43.3 Å². The van der Waals surface area contributed by atoms with Crippen molar-refractivity contribution in [2.24, 2.45) is 11.8 Å². The number of benzene rings is 1. The van der Waals surface area contributed by atoms with E-state index in [0.29, 0.717) is 18.5 Å². The minimum atomic E-state index is -4.25. The molecule has 2 aromatic rings. The van der Waals surface area contributed by atoms with Gasteiger partial charge in [-0.1, -0.05) is 12.5 Å². The molecule has 1 aromatic carbocycles. The van der Waals surface area contributed by atoms with Crippen LogP contribution in [0.2, 0.25) is 0 Å². The van der Waals surface area contributed by atoms with Gasteiger partial charge in [0.25, 0.3) is 0 Å². The summed E-state index contributed by atoms with van der Waals surface area (Å²) in [5, 5.41) is 5.29. The van der Waals surface area contributed by atoms with Crippen molar-refractivity contribution in [3.8, 4) is 0 Å². The fourth-order valence-electron chi connectivity index (χ4n) is 3.97. The van der Waals surface area contributed by atoms with Crippen LogP contribution in [-0.2, 0) is 16.6 Å². The molecule has 0 bridgehead atoms. The molecule has 2 N–H and O–H groups in total. The van der Waals surface area contributed by atoms with Crippen molar-refractivity contribution in [1.29, 1.82) is 0 Å². The number of alkyl halides is 3. The Morgan fingerprint density at radius 1 is 1.18 bits per heavy atom. The molecule has 1 aliphatic carbocycles. The average molecular weight is 485 g/mol. The van der Waals surface area contributed by atoms with Crippen molar-refractivity contribution in [3.05, 3.63) is 54.4 Å². The fraction of sp³-hybridized carbons (Fsp3) is 0.455. The summed E-state index contributed by atoms with van der Waals surface area (Å²) < 4.78 is 66.0. The van der Waals surface area contributed by atoms with E-state index in [4.69, 9.17) is 0 Å². The molecule has 1 saturated carbocycles. The van der Waals surface area contributed by atoms with Gasteiger partial charge in [0.2, 0.25) is 10.0 Å². The first-order chi connectivity index (χ1) is 15.6.